The average Bonchev–Trinajstić information content (AvgIpc) is 2.31. The molecule has 104 valence electrons. The van der Waals surface area contributed by atoms with Crippen LogP contribution in [0.2, 0.25) is 0 Å². The maximum atomic E-state index is 12.3. The van der Waals surface area contributed by atoms with Gasteiger partial charge in [0.2, 0.25) is 0 Å². The van der Waals surface area contributed by atoms with E-state index in [2.05, 4.69) is 26.0 Å². The maximum absolute atomic E-state index is 12.3. The van der Waals surface area contributed by atoms with E-state index in [0.717, 1.165) is 29.5 Å². The number of aryl methyl sites for hydroxylation is 2. The summed E-state index contributed by atoms with van der Waals surface area (Å²) in [7, 11) is -0.730. The Hall–Kier alpha value is -0.670. The SMILES string of the molecule is Cc1cccc(C)c1C1(O)CC2CCCC(C1)S2=O. The molecule has 2 aliphatic rings. The minimum atomic E-state index is -0.765. The second-order valence-electron chi connectivity index (χ2n) is 6.21. The highest BCUT2D eigenvalue weighted by Gasteiger charge is 2.47. The summed E-state index contributed by atoms with van der Waals surface area (Å²) in [5, 5.41) is 11.6. The fourth-order valence-corrected chi connectivity index (χ4v) is 6.26. The quantitative estimate of drug-likeness (QED) is 0.857. The van der Waals surface area contributed by atoms with Crippen molar-refractivity contribution in [2.24, 2.45) is 0 Å². The third kappa shape index (κ3) is 2.17. The van der Waals surface area contributed by atoms with E-state index in [9.17, 15) is 9.32 Å². The smallest absolute Gasteiger partial charge is 0.0924 e. The largest absolute Gasteiger partial charge is 0.385 e. The molecule has 3 rings (SSSR count). The van der Waals surface area contributed by atoms with Crippen molar-refractivity contribution < 1.29 is 9.32 Å². The van der Waals surface area contributed by atoms with E-state index >= 15 is 0 Å². The molecule has 1 aromatic carbocycles. The molecule has 2 unspecified atom stereocenters. The molecule has 0 amide bonds. The van der Waals surface area contributed by atoms with E-state index < -0.39 is 16.4 Å². The molecule has 2 atom stereocenters. The van der Waals surface area contributed by atoms with Crippen molar-refractivity contribution in [2.75, 3.05) is 0 Å². The Bertz CT molecular complexity index is 487. The van der Waals surface area contributed by atoms with E-state index in [0.29, 0.717) is 12.8 Å². The van der Waals surface area contributed by atoms with Gasteiger partial charge < -0.3 is 5.11 Å². The molecular formula is C16H22O2S. The molecule has 19 heavy (non-hydrogen) atoms. The van der Waals surface area contributed by atoms with Crippen molar-refractivity contribution >= 4 is 10.8 Å². The molecule has 1 N–H and O–H groups in total. The van der Waals surface area contributed by atoms with Gasteiger partial charge in [0.15, 0.2) is 0 Å². The molecule has 0 aliphatic carbocycles. The van der Waals surface area contributed by atoms with E-state index in [1.165, 1.54) is 6.42 Å². The summed E-state index contributed by atoms with van der Waals surface area (Å²) < 4.78 is 12.3. The maximum Gasteiger partial charge on any atom is 0.0924 e. The van der Waals surface area contributed by atoms with Crippen LogP contribution in [0.4, 0.5) is 0 Å². The van der Waals surface area contributed by atoms with E-state index in [1.807, 2.05) is 6.07 Å². The van der Waals surface area contributed by atoms with Gasteiger partial charge in [-0.25, -0.2) is 0 Å². The molecule has 3 heteroatoms. The van der Waals surface area contributed by atoms with Crippen LogP contribution >= 0.6 is 0 Å². The zero-order valence-electron chi connectivity index (χ0n) is 11.7. The Morgan fingerprint density at radius 2 is 1.68 bits per heavy atom. The lowest BCUT2D eigenvalue weighted by atomic mass is 9.77. The first-order valence-electron chi connectivity index (χ1n) is 7.20. The van der Waals surface area contributed by atoms with Gasteiger partial charge in [0.25, 0.3) is 0 Å². The predicted octanol–water partition coefficient (Wildman–Crippen LogP) is 2.95. The standard InChI is InChI=1S/C16H22O2S/c1-11-5-3-6-12(2)15(11)16(17)9-13-7-4-8-14(10-16)19(13)18/h3,5-6,13-14,17H,4,7-10H2,1-2H3. The third-order valence-electron chi connectivity index (χ3n) is 4.79. The highest BCUT2D eigenvalue weighted by atomic mass is 32.2. The lowest BCUT2D eigenvalue weighted by Gasteiger charge is -2.44. The molecule has 2 nitrogen and oxygen atoms in total. The number of fused-ring (bicyclic) bond motifs is 2. The normalized spacial score (nSPS) is 38.2. The van der Waals surface area contributed by atoms with Crippen LogP contribution in [-0.4, -0.2) is 19.8 Å². The Morgan fingerprint density at radius 3 is 2.21 bits per heavy atom. The van der Waals surface area contributed by atoms with Crippen LogP contribution in [-0.2, 0) is 16.4 Å². The zero-order chi connectivity index (χ0) is 13.6. The average molecular weight is 278 g/mol. The molecule has 0 spiro atoms. The number of aliphatic hydroxyl groups is 1. The zero-order valence-corrected chi connectivity index (χ0v) is 12.5. The minimum absolute atomic E-state index is 0.191. The van der Waals surface area contributed by atoms with Gasteiger partial charge in [-0.05, 0) is 56.2 Å². The Labute approximate surface area is 117 Å². The lowest BCUT2D eigenvalue weighted by Crippen LogP contribution is -2.47. The molecule has 2 fully saturated rings. The molecule has 0 saturated carbocycles. The molecule has 0 radical (unpaired) electrons. The molecule has 2 saturated heterocycles. The molecule has 1 aromatic rings. The van der Waals surface area contributed by atoms with Crippen molar-refractivity contribution in [3.8, 4) is 0 Å². The van der Waals surface area contributed by atoms with Crippen LogP contribution in [0.1, 0.15) is 48.8 Å². The number of hydrogen-bond donors (Lipinski definition) is 1. The van der Waals surface area contributed by atoms with E-state index in [4.69, 9.17) is 0 Å². The van der Waals surface area contributed by atoms with Crippen molar-refractivity contribution in [1.82, 2.24) is 0 Å². The number of hydrogen-bond acceptors (Lipinski definition) is 2. The number of rotatable bonds is 1. The Balaban J connectivity index is 2.02. The molecule has 0 aromatic heterocycles. The molecule has 2 bridgehead atoms. The Kier molecular flexibility index (Phi) is 3.30. The van der Waals surface area contributed by atoms with Crippen LogP contribution in [0, 0.1) is 13.8 Å². The van der Waals surface area contributed by atoms with Crippen LogP contribution in [0.25, 0.3) is 0 Å². The van der Waals surface area contributed by atoms with Crippen molar-refractivity contribution in [3.63, 3.8) is 0 Å². The summed E-state index contributed by atoms with van der Waals surface area (Å²) in [6.45, 7) is 4.14. The van der Waals surface area contributed by atoms with Crippen LogP contribution in [0.15, 0.2) is 18.2 Å². The van der Waals surface area contributed by atoms with Gasteiger partial charge in [-0.2, -0.15) is 0 Å². The van der Waals surface area contributed by atoms with Crippen LogP contribution < -0.4 is 0 Å². The minimum Gasteiger partial charge on any atom is -0.385 e. The van der Waals surface area contributed by atoms with Crippen molar-refractivity contribution in [1.29, 1.82) is 0 Å². The highest BCUT2D eigenvalue weighted by molar-refractivity contribution is 7.86. The third-order valence-corrected chi connectivity index (χ3v) is 6.91. The van der Waals surface area contributed by atoms with E-state index in [-0.39, 0.29) is 10.5 Å². The van der Waals surface area contributed by atoms with Gasteiger partial charge in [-0.1, -0.05) is 24.6 Å². The lowest BCUT2D eigenvalue weighted by molar-refractivity contribution is 0.00542. The topological polar surface area (TPSA) is 37.3 Å². The summed E-state index contributed by atoms with van der Waals surface area (Å²) in [5.41, 5.74) is 2.64. The summed E-state index contributed by atoms with van der Waals surface area (Å²) in [4.78, 5) is 0. The van der Waals surface area contributed by atoms with Crippen LogP contribution in [0.3, 0.4) is 0 Å². The van der Waals surface area contributed by atoms with Crippen molar-refractivity contribution in [2.45, 2.75) is 62.1 Å². The second kappa shape index (κ2) is 4.71. The first-order valence-corrected chi connectivity index (χ1v) is 8.47. The van der Waals surface area contributed by atoms with Gasteiger partial charge in [-0.3, -0.25) is 4.21 Å². The van der Waals surface area contributed by atoms with Gasteiger partial charge in [0.05, 0.1) is 5.60 Å². The summed E-state index contributed by atoms with van der Waals surface area (Å²) in [5.74, 6) is 0. The van der Waals surface area contributed by atoms with Gasteiger partial charge in [0.1, 0.15) is 0 Å². The second-order valence-corrected chi connectivity index (χ2v) is 8.20. The summed E-state index contributed by atoms with van der Waals surface area (Å²) in [6, 6.07) is 6.18. The fraction of sp³-hybridized carbons (Fsp3) is 0.625. The van der Waals surface area contributed by atoms with Gasteiger partial charge in [0, 0.05) is 21.3 Å². The molecular weight excluding hydrogens is 256 g/mol. The van der Waals surface area contributed by atoms with Crippen molar-refractivity contribution in [3.05, 3.63) is 34.9 Å². The van der Waals surface area contributed by atoms with E-state index in [1.54, 1.807) is 0 Å². The van der Waals surface area contributed by atoms with Gasteiger partial charge in [-0.15, -0.1) is 0 Å². The monoisotopic (exact) mass is 278 g/mol. The van der Waals surface area contributed by atoms with Crippen LogP contribution in [0.5, 0.6) is 0 Å². The first kappa shape index (κ1) is 13.3. The number of benzene rings is 1. The Morgan fingerprint density at radius 1 is 1.16 bits per heavy atom. The highest BCUT2D eigenvalue weighted by Crippen LogP contribution is 2.46. The first-order chi connectivity index (χ1) is 9.01. The predicted molar refractivity (Wildman–Crippen MR) is 78.6 cm³/mol. The molecule has 2 aliphatic heterocycles. The van der Waals surface area contributed by atoms with Gasteiger partial charge >= 0.3 is 0 Å². The summed E-state index contributed by atoms with van der Waals surface area (Å²) >= 11 is 0. The molecule has 2 heterocycles. The summed E-state index contributed by atoms with van der Waals surface area (Å²) in [6.07, 6.45) is 4.53. The fourth-order valence-electron chi connectivity index (χ4n) is 4.04.